The molecule has 1 aromatic carbocycles. The minimum atomic E-state index is -0.230. The maximum absolute atomic E-state index is 11.2. The normalized spacial score (nSPS) is 17.7. The highest BCUT2D eigenvalue weighted by Crippen LogP contribution is 2.39. The van der Waals surface area contributed by atoms with Crippen LogP contribution in [0, 0.1) is 0 Å². The molecule has 100 valence electrons. The van der Waals surface area contributed by atoms with Gasteiger partial charge in [-0.05, 0) is 6.07 Å². The van der Waals surface area contributed by atoms with E-state index in [4.69, 9.17) is 9.47 Å². The second-order valence-corrected chi connectivity index (χ2v) is 4.85. The van der Waals surface area contributed by atoms with Crippen molar-refractivity contribution in [2.45, 2.75) is 32.6 Å². The average Bonchev–Trinajstić information content (AvgIpc) is 2.91. The van der Waals surface area contributed by atoms with Gasteiger partial charge >= 0.3 is 5.97 Å². The lowest BCUT2D eigenvalue weighted by molar-refractivity contribution is -0.146. The highest BCUT2D eigenvalue weighted by Gasteiger charge is 2.31. The molecule has 0 saturated carbocycles. The Hall–Kier alpha value is -1.81. The van der Waals surface area contributed by atoms with Crippen LogP contribution in [0.3, 0.4) is 0 Å². The van der Waals surface area contributed by atoms with Gasteiger partial charge in [0, 0.05) is 43.5 Å². The van der Waals surface area contributed by atoms with E-state index in [-0.39, 0.29) is 12.1 Å². The molecule has 1 aromatic heterocycles. The van der Waals surface area contributed by atoms with E-state index < -0.39 is 0 Å². The lowest BCUT2D eigenvalue weighted by Gasteiger charge is -2.12. The summed E-state index contributed by atoms with van der Waals surface area (Å²) in [6.45, 7) is 2.89. The van der Waals surface area contributed by atoms with E-state index in [1.165, 1.54) is 17.8 Å². The van der Waals surface area contributed by atoms with Crippen molar-refractivity contribution in [2.24, 2.45) is 0 Å². The molecule has 0 amide bonds. The number of para-hydroxylation sites is 1. The first kappa shape index (κ1) is 12.2. The molecule has 4 nitrogen and oxygen atoms in total. The number of hydrogen-bond acceptors (Lipinski definition) is 3. The first-order chi connectivity index (χ1) is 9.22. The number of carbonyl (C=O) groups excluding carboxylic acids is 1. The average molecular weight is 259 g/mol. The van der Waals surface area contributed by atoms with Crippen LogP contribution >= 0.6 is 0 Å². The van der Waals surface area contributed by atoms with Gasteiger partial charge in [0.25, 0.3) is 0 Å². The molecule has 0 saturated heterocycles. The number of aromatic nitrogens is 1. The molecule has 1 atom stereocenters. The SMILES string of the molecule is COCc1c2n(c3ccccc13)CCC2OC(C)=O. The van der Waals surface area contributed by atoms with Crippen molar-refractivity contribution in [3.8, 4) is 0 Å². The lowest BCUT2D eigenvalue weighted by Crippen LogP contribution is -2.07. The van der Waals surface area contributed by atoms with Gasteiger partial charge in [-0.2, -0.15) is 0 Å². The van der Waals surface area contributed by atoms with Crippen molar-refractivity contribution >= 4 is 16.9 Å². The largest absolute Gasteiger partial charge is 0.456 e. The van der Waals surface area contributed by atoms with Gasteiger partial charge in [0.05, 0.1) is 12.3 Å². The molecule has 0 fully saturated rings. The van der Waals surface area contributed by atoms with E-state index in [9.17, 15) is 4.79 Å². The van der Waals surface area contributed by atoms with Crippen molar-refractivity contribution < 1.29 is 14.3 Å². The first-order valence-corrected chi connectivity index (χ1v) is 6.48. The molecule has 2 heterocycles. The summed E-state index contributed by atoms with van der Waals surface area (Å²) in [5.41, 5.74) is 3.43. The fraction of sp³-hybridized carbons (Fsp3) is 0.400. The van der Waals surface area contributed by atoms with Crippen LogP contribution < -0.4 is 0 Å². The molecule has 0 radical (unpaired) electrons. The molecule has 0 spiro atoms. The number of ether oxygens (including phenoxy) is 2. The fourth-order valence-corrected chi connectivity index (χ4v) is 3.00. The van der Waals surface area contributed by atoms with Gasteiger partial charge in [-0.15, -0.1) is 0 Å². The third-order valence-corrected chi connectivity index (χ3v) is 3.64. The molecular formula is C15H17NO3. The number of aryl methyl sites for hydroxylation is 1. The Morgan fingerprint density at radius 2 is 2.21 bits per heavy atom. The smallest absolute Gasteiger partial charge is 0.303 e. The zero-order chi connectivity index (χ0) is 13.4. The van der Waals surface area contributed by atoms with Gasteiger partial charge in [-0.3, -0.25) is 4.79 Å². The van der Waals surface area contributed by atoms with Gasteiger partial charge in [0.15, 0.2) is 0 Å². The summed E-state index contributed by atoms with van der Waals surface area (Å²) < 4.78 is 13.0. The van der Waals surface area contributed by atoms with Crippen LogP contribution in [-0.2, 0) is 27.4 Å². The fourth-order valence-electron chi connectivity index (χ4n) is 3.00. The van der Waals surface area contributed by atoms with Crippen LogP contribution in [0.5, 0.6) is 0 Å². The van der Waals surface area contributed by atoms with E-state index in [1.807, 2.05) is 12.1 Å². The number of fused-ring (bicyclic) bond motifs is 3. The first-order valence-electron chi connectivity index (χ1n) is 6.48. The van der Waals surface area contributed by atoms with Crippen LogP contribution in [-0.4, -0.2) is 17.6 Å². The number of rotatable bonds is 3. The molecule has 4 heteroatoms. The highest BCUT2D eigenvalue weighted by molar-refractivity contribution is 5.86. The molecule has 0 aliphatic carbocycles. The quantitative estimate of drug-likeness (QED) is 0.796. The number of hydrogen-bond donors (Lipinski definition) is 0. The van der Waals surface area contributed by atoms with Crippen molar-refractivity contribution in [2.75, 3.05) is 7.11 Å². The second-order valence-electron chi connectivity index (χ2n) is 4.85. The minimum Gasteiger partial charge on any atom is -0.456 e. The summed E-state index contributed by atoms with van der Waals surface area (Å²) in [5, 5.41) is 1.19. The van der Waals surface area contributed by atoms with Gasteiger partial charge in [-0.25, -0.2) is 0 Å². The summed E-state index contributed by atoms with van der Waals surface area (Å²) in [5.74, 6) is -0.230. The number of nitrogens with zero attached hydrogens (tertiary/aromatic N) is 1. The highest BCUT2D eigenvalue weighted by atomic mass is 16.5. The van der Waals surface area contributed by atoms with E-state index in [0.717, 1.165) is 24.2 Å². The number of carbonyl (C=O) groups is 1. The summed E-state index contributed by atoms with van der Waals surface area (Å²) in [6, 6.07) is 8.26. The Balaban J connectivity index is 2.17. The molecule has 2 aromatic rings. The molecule has 1 aliphatic rings. The molecule has 0 bridgehead atoms. The van der Waals surface area contributed by atoms with E-state index in [2.05, 4.69) is 16.7 Å². The Morgan fingerprint density at radius 1 is 1.42 bits per heavy atom. The third-order valence-electron chi connectivity index (χ3n) is 3.64. The molecule has 1 aliphatic heterocycles. The van der Waals surface area contributed by atoms with Crippen LogP contribution in [0.25, 0.3) is 10.9 Å². The van der Waals surface area contributed by atoms with Gasteiger partial charge in [0.2, 0.25) is 0 Å². The van der Waals surface area contributed by atoms with Crippen molar-refractivity contribution in [3.63, 3.8) is 0 Å². The van der Waals surface area contributed by atoms with Crippen LogP contribution in [0.1, 0.15) is 30.7 Å². The predicted molar refractivity (Wildman–Crippen MR) is 71.8 cm³/mol. The minimum absolute atomic E-state index is 0.143. The molecular weight excluding hydrogens is 242 g/mol. The molecule has 0 N–H and O–H groups in total. The van der Waals surface area contributed by atoms with Gasteiger partial charge < -0.3 is 14.0 Å². The molecule has 1 unspecified atom stereocenters. The van der Waals surface area contributed by atoms with Crippen molar-refractivity contribution in [1.29, 1.82) is 0 Å². The van der Waals surface area contributed by atoms with Crippen LogP contribution in [0.2, 0.25) is 0 Å². The lowest BCUT2D eigenvalue weighted by atomic mass is 10.1. The number of esters is 1. The zero-order valence-electron chi connectivity index (χ0n) is 11.2. The zero-order valence-corrected chi connectivity index (χ0v) is 11.2. The number of benzene rings is 1. The van der Waals surface area contributed by atoms with E-state index in [0.29, 0.717) is 6.61 Å². The predicted octanol–water partition coefficient (Wildman–Crippen LogP) is 2.80. The monoisotopic (exact) mass is 259 g/mol. The maximum Gasteiger partial charge on any atom is 0.303 e. The Kier molecular flexibility index (Phi) is 3.03. The molecule has 3 rings (SSSR count). The van der Waals surface area contributed by atoms with E-state index in [1.54, 1.807) is 7.11 Å². The van der Waals surface area contributed by atoms with Gasteiger partial charge in [-0.1, -0.05) is 18.2 Å². The molecule has 19 heavy (non-hydrogen) atoms. The second kappa shape index (κ2) is 4.70. The van der Waals surface area contributed by atoms with Gasteiger partial charge in [0.1, 0.15) is 6.10 Å². The standard InChI is InChI=1S/C15H17NO3/c1-10(17)19-14-7-8-16-13-6-4-3-5-11(13)12(9-18-2)15(14)16/h3-6,14H,7-9H2,1-2H3. The topological polar surface area (TPSA) is 40.5 Å². The Bertz CT molecular complexity index is 630. The van der Waals surface area contributed by atoms with Crippen LogP contribution in [0.4, 0.5) is 0 Å². The maximum atomic E-state index is 11.2. The summed E-state index contributed by atoms with van der Waals surface area (Å²) >= 11 is 0. The number of methoxy groups -OCH3 is 1. The van der Waals surface area contributed by atoms with Crippen molar-refractivity contribution in [3.05, 3.63) is 35.5 Å². The van der Waals surface area contributed by atoms with Crippen LogP contribution in [0.15, 0.2) is 24.3 Å². The Labute approximate surface area is 111 Å². The summed E-state index contributed by atoms with van der Waals surface area (Å²) in [4.78, 5) is 11.2. The Morgan fingerprint density at radius 3 is 2.95 bits per heavy atom. The van der Waals surface area contributed by atoms with E-state index >= 15 is 0 Å². The summed E-state index contributed by atoms with van der Waals surface area (Å²) in [6.07, 6.45) is 0.700. The van der Waals surface area contributed by atoms with Crippen molar-refractivity contribution in [1.82, 2.24) is 4.57 Å². The summed E-state index contributed by atoms with van der Waals surface area (Å²) in [7, 11) is 1.69. The third kappa shape index (κ3) is 1.92.